The predicted molar refractivity (Wildman–Crippen MR) is 98.1 cm³/mol. The van der Waals surface area contributed by atoms with Gasteiger partial charge in [0.15, 0.2) is 0 Å². The fraction of sp³-hybridized carbons (Fsp3) is 0.474. The molecule has 0 saturated carbocycles. The Morgan fingerprint density at radius 2 is 1.96 bits per heavy atom. The van der Waals surface area contributed by atoms with Gasteiger partial charge in [-0.2, -0.15) is 0 Å². The lowest BCUT2D eigenvalue weighted by Crippen LogP contribution is -2.49. The number of piperidine rings is 1. The van der Waals surface area contributed by atoms with Crippen molar-refractivity contribution in [3.05, 3.63) is 35.8 Å². The number of H-pyrrole nitrogens is 1. The molecule has 26 heavy (non-hydrogen) atoms. The number of hydrogen-bond acceptors (Lipinski definition) is 3. The second kappa shape index (κ2) is 7.45. The highest BCUT2D eigenvalue weighted by molar-refractivity contribution is 5.98. The Labute approximate surface area is 151 Å². The summed E-state index contributed by atoms with van der Waals surface area (Å²) in [5.74, 6) is -0.253. The third kappa shape index (κ3) is 3.88. The van der Waals surface area contributed by atoms with Crippen molar-refractivity contribution in [2.24, 2.45) is 11.7 Å². The maximum atomic E-state index is 13.3. The molecule has 2 aromatic rings. The van der Waals surface area contributed by atoms with E-state index < -0.39 is 6.04 Å². The fourth-order valence-electron chi connectivity index (χ4n) is 3.54. The van der Waals surface area contributed by atoms with Gasteiger partial charge in [0, 0.05) is 30.0 Å². The molecule has 0 aliphatic carbocycles. The molecule has 2 amide bonds. The maximum Gasteiger partial charge on any atom is 0.267 e. The van der Waals surface area contributed by atoms with Crippen molar-refractivity contribution in [2.75, 3.05) is 13.1 Å². The smallest absolute Gasteiger partial charge is 0.267 e. The monoisotopic (exact) mass is 360 g/mol. The average molecular weight is 360 g/mol. The number of nitrogens with one attached hydrogen (secondary N) is 2. The second-order valence-electron chi connectivity index (χ2n) is 7.13. The largest absolute Gasteiger partial charge is 0.351 e. The minimum Gasteiger partial charge on any atom is -0.351 e. The van der Waals surface area contributed by atoms with Gasteiger partial charge in [0.1, 0.15) is 11.5 Å². The third-order valence-corrected chi connectivity index (χ3v) is 5.13. The molecule has 0 radical (unpaired) electrons. The number of amides is 2. The van der Waals surface area contributed by atoms with E-state index in [1.165, 1.54) is 12.1 Å². The van der Waals surface area contributed by atoms with E-state index >= 15 is 0 Å². The van der Waals surface area contributed by atoms with Crippen LogP contribution >= 0.6 is 0 Å². The van der Waals surface area contributed by atoms with E-state index in [9.17, 15) is 14.0 Å². The second-order valence-corrected chi connectivity index (χ2v) is 7.13. The summed E-state index contributed by atoms with van der Waals surface area (Å²) in [5.41, 5.74) is 6.80. The maximum absolute atomic E-state index is 13.3. The van der Waals surface area contributed by atoms with Crippen molar-refractivity contribution in [1.29, 1.82) is 0 Å². The number of halogens is 1. The first-order valence-electron chi connectivity index (χ1n) is 8.98. The number of hydrogen-bond donors (Lipinski definition) is 3. The highest BCUT2D eigenvalue weighted by atomic mass is 19.1. The van der Waals surface area contributed by atoms with E-state index in [0.717, 1.165) is 18.4 Å². The van der Waals surface area contributed by atoms with Gasteiger partial charge in [-0.3, -0.25) is 9.59 Å². The first-order valence-corrected chi connectivity index (χ1v) is 8.98. The van der Waals surface area contributed by atoms with Crippen molar-refractivity contribution < 1.29 is 14.0 Å². The van der Waals surface area contributed by atoms with Crippen LogP contribution in [0.3, 0.4) is 0 Å². The molecule has 2 unspecified atom stereocenters. The lowest BCUT2D eigenvalue weighted by molar-refractivity contribution is -0.133. The summed E-state index contributed by atoms with van der Waals surface area (Å²) in [5, 5.41) is 3.69. The number of aromatic amines is 1. The first-order chi connectivity index (χ1) is 12.3. The minimum absolute atomic E-state index is 0.0156. The third-order valence-electron chi connectivity index (χ3n) is 5.13. The highest BCUT2D eigenvalue weighted by Crippen LogP contribution is 2.22. The molecule has 0 spiro atoms. The zero-order valence-electron chi connectivity index (χ0n) is 15.1. The molecule has 1 saturated heterocycles. The molecule has 1 aromatic carbocycles. The SMILES string of the molecule is CC(N)C(=O)N1CCC(C(C)NC(=O)c2cc3cc(F)ccc3[nH]2)CC1. The zero-order chi connectivity index (χ0) is 18.8. The molecule has 0 bridgehead atoms. The standard InChI is InChI=1S/C19H25FN4O2/c1-11(21)19(26)24-7-5-13(6-8-24)12(2)22-18(25)17-10-14-9-15(20)3-4-16(14)23-17/h3-4,9-13,23H,5-8,21H2,1-2H3,(H,22,25). The van der Waals surface area contributed by atoms with Crippen LogP contribution in [0.1, 0.15) is 37.2 Å². The Hall–Kier alpha value is -2.41. The lowest BCUT2D eigenvalue weighted by atomic mass is 9.90. The highest BCUT2D eigenvalue weighted by Gasteiger charge is 2.28. The van der Waals surface area contributed by atoms with Gasteiger partial charge in [-0.1, -0.05) is 0 Å². The Balaban J connectivity index is 1.58. The number of carbonyl (C=O) groups excluding carboxylic acids is 2. The van der Waals surface area contributed by atoms with Crippen molar-refractivity contribution in [3.63, 3.8) is 0 Å². The van der Waals surface area contributed by atoms with Crippen LogP contribution in [-0.2, 0) is 4.79 Å². The molecule has 1 aromatic heterocycles. The van der Waals surface area contributed by atoms with Gasteiger partial charge in [-0.05, 0) is 56.9 Å². The van der Waals surface area contributed by atoms with Crippen molar-refractivity contribution in [2.45, 2.75) is 38.8 Å². The number of fused-ring (bicyclic) bond motifs is 1. The van der Waals surface area contributed by atoms with Gasteiger partial charge < -0.3 is 20.9 Å². The number of likely N-dealkylation sites (tertiary alicyclic amines) is 1. The van der Waals surface area contributed by atoms with Crippen LogP contribution in [0, 0.1) is 11.7 Å². The van der Waals surface area contributed by atoms with E-state index in [1.807, 2.05) is 6.92 Å². The molecule has 1 fully saturated rings. The summed E-state index contributed by atoms with van der Waals surface area (Å²) in [4.78, 5) is 29.3. The first kappa shape index (κ1) is 18.4. The van der Waals surface area contributed by atoms with Crippen LogP contribution in [0.25, 0.3) is 10.9 Å². The molecule has 2 heterocycles. The van der Waals surface area contributed by atoms with Gasteiger partial charge in [0.2, 0.25) is 5.91 Å². The Morgan fingerprint density at radius 1 is 1.27 bits per heavy atom. The molecule has 2 atom stereocenters. The van der Waals surface area contributed by atoms with Crippen molar-refractivity contribution in [3.8, 4) is 0 Å². The number of nitrogens with zero attached hydrogens (tertiary/aromatic N) is 1. The minimum atomic E-state index is -0.476. The summed E-state index contributed by atoms with van der Waals surface area (Å²) in [7, 11) is 0. The van der Waals surface area contributed by atoms with E-state index in [1.54, 1.807) is 24.0 Å². The molecular weight excluding hydrogens is 335 g/mol. The predicted octanol–water partition coefficient (Wildman–Crippen LogP) is 2.01. The van der Waals surface area contributed by atoms with Crippen LogP contribution in [0.15, 0.2) is 24.3 Å². The Bertz CT molecular complexity index is 809. The van der Waals surface area contributed by atoms with Crippen LogP contribution < -0.4 is 11.1 Å². The zero-order valence-corrected chi connectivity index (χ0v) is 15.1. The molecule has 3 rings (SSSR count). The molecular formula is C19H25FN4O2. The summed E-state index contributed by atoms with van der Waals surface area (Å²) in [6, 6.07) is 5.55. The van der Waals surface area contributed by atoms with Crippen LogP contribution in [0.5, 0.6) is 0 Å². The number of rotatable bonds is 4. The van der Waals surface area contributed by atoms with Gasteiger partial charge in [0.25, 0.3) is 5.91 Å². The van der Waals surface area contributed by atoms with Gasteiger partial charge in [0.05, 0.1) is 6.04 Å². The van der Waals surface area contributed by atoms with E-state index in [0.29, 0.717) is 30.1 Å². The molecule has 6 nitrogen and oxygen atoms in total. The summed E-state index contributed by atoms with van der Waals surface area (Å²) in [6.07, 6.45) is 1.66. The van der Waals surface area contributed by atoms with Crippen LogP contribution in [0.4, 0.5) is 4.39 Å². The van der Waals surface area contributed by atoms with E-state index in [4.69, 9.17) is 5.73 Å². The molecule has 1 aliphatic rings. The summed E-state index contributed by atoms with van der Waals surface area (Å²) < 4.78 is 13.3. The summed E-state index contributed by atoms with van der Waals surface area (Å²) in [6.45, 7) is 5.01. The van der Waals surface area contributed by atoms with E-state index in [2.05, 4.69) is 10.3 Å². The number of benzene rings is 1. The van der Waals surface area contributed by atoms with Crippen LogP contribution in [-0.4, -0.2) is 46.9 Å². The number of carbonyl (C=O) groups is 2. The molecule has 7 heteroatoms. The molecule has 140 valence electrons. The Kier molecular flexibility index (Phi) is 5.27. The molecule has 1 aliphatic heterocycles. The average Bonchev–Trinajstić information content (AvgIpc) is 3.04. The quantitative estimate of drug-likeness (QED) is 0.779. The fourth-order valence-corrected chi connectivity index (χ4v) is 3.54. The van der Waals surface area contributed by atoms with Crippen molar-refractivity contribution in [1.82, 2.24) is 15.2 Å². The lowest BCUT2D eigenvalue weighted by Gasteiger charge is -2.35. The van der Waals surface area contributed by atoms with Crippen molar-refractivity contribution >= 4 is 22.7 Å². The van der Waals surface area contributed by atoms with E-state index in [-0.39, 0.29) is 23.7 Å². The summed E-state index contributed by atoms with van der Waals surface area (Å²) >= 11 is 0. The van der Waals surface area contributed by atoms with Crippen LogP contribution in [0.2, 0.25) is 0 Å². The number of nitrogens with two attached hydrogens (primary N) is 1. The topological polar surface area (TPSA) is 91.2 Å². The van der Waals surface area contributed by atoms with Gasteiger partial charge in [-0.25, -0.2) is 4.39 Å². The normalized spacial score (nSPS) is 17.9. The van der Waals surface area contributed by atoms with Gasteiger partial charge >= 0.3 is 0 Å². The van der Waals surface area contributed by atoms with Gasteiger partial charge in [-0.15, -0.1) is 0 Å². The Morgan fingerprint density at radius 3 is 2.62 bits per heavy atom. The number of aromatic nitrogens is 1. The molecule has 4 N–H and O–H groups in total.